The highest BCUT2D eigenvalue weighted by molar-refractivity contribution is 5.99. The van der Waals surface area contributed by atoms with Crippen molar-refractivity contribution >= 4 is 22.9 Å². The molecule has 3 heterocycles. The number of carbonyl (C=O) groups excluding carboxylic acids is 1. The largest absolute Gasteiger partial charge is 0.394 e. The number of nitrogen functional groups attached to an aromatic ring is 1. The standard InChI is InChI=1S/C15H17N5O6/c16-14-18-12-9(13(25)19-14)17-5-20(12)15(6-2-1-3-7(6)22)11(24)10(23)8(4-21)26-15/h2,5,8,10-11,21,23-24H,1,3-4H2,(H3,16,18,19,25)/t8-,10-,11-,15-/m1/s1. The number of allylic oxidation sites excluding steroid dienone is 1. The minimum absolute atomic E-state index is 0.0170. The van der Waals surface area contributed by atoms with Crippen LogP contribution in [-0.2, 0) is 15.3 Å². The normalized spacial score (nSPS) is 31.7. The van der Waals surface area contributed by atoms with Crippen LogP contribution in [0.3, 0.4) is 0 Å². The number of aromatic amines is 1. The summed E-state index contributed by atoms with van der Waals surface area (Å²) in [6.07, 6.45) is -0.769. The number of Topliss-reactive ketones (excluding diaryl/α,β-unsaturated/α-hetero) is 1. The van der Waals surface area contributed by atoms with Crippen molar-refractivity contribution < 1.29 is 24.9 Å². The molecule has 2 aromatic rings. The minimum Gasteiger partial charge on any atom is -0.394 e. The first-order valence-electron chi connectivity index (χ1n) is 8.02. The Bertz CT molecular complexity index is 981. The zero-order chi connectivity index (χ0) is 18.6. The molecule has 1 aliphatic carbocycles. The summed E-state index contributed by atoms with van der Waals surface area (Å²) < 4.78 is 7.01. The Hall–Kier alpha value is -2.60. The van der Waals surface area contributed by atoms with Gasteiger partial charge in [0, 0.05) is 12.0 Å². The van der Waals surface area contributed by atoms with Crippen molar-refractivity contribution in [3.8, 4) is 0 Å². The Morgan fingerprint density at radius 2 is 2.19 bits per heavy atom. The number of hydrogen-bond acceptors (Lipinski definition) is 9. The molecule has 2 aromatic heterocycles. The van der Waals surface area contributed by atoms with E-state index >= 15 is 0 Å². The van der Waals surface area contributed by atoms with E-state index < -0.39 is 36.2 Å². The molecule has 6 N–H and O–H groups in total. The lowest BCUT2D eigenvalue weighted by molar-refractivity contribution is -0.135. The number of fused-ring (bicyclic) bond motifs is 1. The Morgan fingerprint density at radius 1 is 1.42 bits per heavy atom. The monoisotopic (exact) mass is 363 g/mol. The van der Waals surface area contributed by atoms with Gasteiger partial charge in [-0.25, -0.2) is 4.98 Å². The van der Waals surface area contributed by atoms with Gasteiger partial charge in [-0.05, 0) is 6.42 Å². The molecule has 26 heavy (non-hydrogen) atoms. The van der Waals surface area contributed by atoms with Crippen LogP contribution in [0.1, 0.15) is 12.8 Å². The van der Waals surface area contributed by atoms with Gasteiger partial charge in [-0.15, -0.1) is 0 Å². The molecule has 1 fully saturated rings. The van der Waals surface area contributed by atoms with Crippen LogP contribution in [-0.4, -0.2) is 65.5 Å². The molecular weight excluding hydrogens is 346 g/mol. The van der Waals surface area contributed by atoms with Crippen LogP contribution in [0.4, 0.5) is 5.95 Å². The zero-order valence-electron chi connectivity index (χ0n) is 13.5. The number of nitrogens with two attached hydrogens (primary N) is 1. The summed E-state index contributed by atoms with van der Waals surface area (Å²) in [7, 11) is 0. The second kappa shape index (κ2) is 5.71. The van der Waals surface area contributed by atoms with Crippen LogP contribution >= 0.6 is 0 Å². The Labute approximate surface area is 145 Å². The van der Waals surface area contributed by atoms with E-state index in [1.807, 2.05) is 0 Å². The van der Waals surface area contributed by atoms with Gasteiger partial charge >= 0.3 is 0 Å². The Balaban J connectivity index is 2.02. The lowest BCUT2D eigenvalue weighted by Crippen LogP contribution is -2.48. The highest BCUT2D eigenvalue weighted by Crippen LogP contribution is 2.45. The first kappa shape index (κ1) is 16.8. The molecule has 11 heteroatoms. The number of anilines is 1. The summed E-state index contributed by atoms with van der Waals surface area (Å²) in [5.41, 5.74) is 3.17. The molecule has 0 unspecified atom stereocenters. The summed E-state index contributed by atoms with van der Waals surface area (Å²) >= 11 is 0. The average molecular weight is 363 g/mol. The first-order valence-corrected chi connectivity index (χ1v) is 8.02. The van der Waals surface area contributed by atoms with Crippen molar-refractivity contribution in [3.63, 3.8) is 0 Å². The third-order valence-corrected chi connectivity index (χ3v) is 4.81. The molecule has 0 radical (unpaired) electrons. The first-order chi connectivity index (χ1) is 12.4. The number of aromatic nitrogens is 4. The molecule has 4 atom stereocenters. The second-order valence-electron chi connectivity index (χ2n) is 6.29. The summed E-state index contributed by atoms with van der Waals surface area (Å²) in [6, 6.07) is 0. The van der Waals surface area contributed by atoms with E-state index in [1.54, 1.807) is 6.08 Å². The molecule has 1 aliphatic heterocycles. The molecule has 0 aromatic carbocycles. The van der Waals surface area contributed by atoms with Crippen LogP contribution in [0.2, 0.25) is 0 Å². The topological polar surface area (TPSA) is 177 Å². The fourth-order valence-corrected chi connectivity index (χ4v) is 3.61. The predicted molar refractivity (Wildman–Crippen MR) is 86.8 cm³/mol. The number of nitrogens with zero attached hydrogens (tertiary/aromatic N) is 3. The van der Waals surface area contributed by atoms with Crippen LogP contribution in [0, 0.1) is 0 Å². The van der Waals surface area contributed by atoms with Gasteiger partial charge in [-0.1, -0.05) is 6.08 Å². The molecule has 4 rings (SSSR count). The van der Waals surface area contributed by atoms with Gasteiger partial charge in [0.15, 0.2) is 16.9 Å². The fourth-order valence-electron chi connectivity index (χ4n) is 3.61. The van der Waals surface area contributed by atoms with Crippen LogP contribution < -0.4 is 11.3 Å². The van der Waals surface area contributed by atoms with Gasteiger partial charge in [-0.2, -0.15) is 4.98 Å². The smallest absolute Gasteiger partial charge is 0.280 e. The molecule has 0 spiro atoms. The number of carbonyl (C=O) groups is 1. The van der Waals surface area contributed by atoms with Crippen molar-refractivity contribution in [1.29, 1.82) is 0 Å². The molecule has 0 saturated carbocycles. The van der Waals surface area contributed by atoms with Gasteiger partial charge in [0.05, 0.1) is 6.61 Å². The zero-order valence-corrected chi connectivity index (χ0v) is 13.5. The third kappa shape index (κ3) is 2.08. The summed E-state index contributed by atoms with van der Waals surface area (Å²) in [4.78, 5) is 34.8. The SMILES string of the molecule is Nc1nc2c(ncn2[C@]2(C3=CCCC3=O)O[C@H](CO)[C@@H](O)[C@H]2O)c(=O)[nH]1. The number of ether oxygens (including phenoxy) is 1. The highest BCUT2D eigenvalue weighted by Gasteiger charge is 2.60. The second-order valence-corrected chi connectivity index (χ2v) is 6.29. The maximum absolute atomic E-state index is 12.4. The van der Waals surface area contributed by atoms with E-state index in [1.165, 1.54) is 10.9 Å². The number of ketones is 1. The molecule has 11 nitrogen and oxygen atoms in total. The number of rotatable bonds is 3. The van der Waals surface area contributed by atoms with Crippen molar-refractivity contribution in [2.45, 2.75) is 36.9 Å². The van der Waals surface area contributed by atoms with E-state index in [-0.39, 0.29) is 34.9 Å². The van der Waals surface area contributed by atoms with Crippen molar-refractivity contribution in [3.05, 3.63) is 28.3 Å². The molecule has 0 amide bonds. The van der Waals surface area contributed by atoms with Crippen molar-refractivity contribution in [2.75, 3.05) is 12.3 Å². The summed E-state index contributed by atoms with van der Waals surface area (Å²) in [6.45, 7) is -0.579. The van der Waals surface area contributed by atoms with Gasteiger partial charge in [0.1, 0.15) is 24.6 Å². The third-order valence-electron chi connectivity index (χ3n) is 4.81. The van der Waals surface area contributed by atoms with E-state index in [0.29, 0.717) is 6.42 Å². The molecule has 1 saturated heterocycles. The van der Waals surface area contributed by atoms with Gasteiger partial charge in [0.25, 0.3) is 5.56 Å². The highest BCUT2D eigenvalue weighted by atomic mass is 16.6. The number of aliphatic hydroxyl groups is 3. The van der Waals surface area contributed by atoms with Crippen molar-refractivity contribution in [1.82, 2.24) is 19.5 Å². The number of aliphatic hydroxyl groups excluding tert-OH is 3. The lowest BCUT2D eigenvalue weighted by atomic mass is 9.93. The molecule has 2 aliphatic rings. The number of H-pyrrole nitrogens is 1. The van der Waals surface area contributed by atoms with E-state index in [4.69, 9.17) is 10.5 Å². The number of hydrogen-bond donors (Lipinski definition) is 5. The van der Waals surface area contributed by atoms with Gasteiger partial charge in [-0.3, -0.25) is 19.1 Å². The maximum Gasteiger partial charge on any atom is 0.280 e. The fraction of sp³-hybridized carbons (Fsp3) is 0.467. The van der Waals surface area contributed by atoms with Crippen LogP contribution in [0.5, 0.6) is 0 Å². The van der Waals surface area contributed by atoms with Gasteiger partial charge < -0.3 is 25.8 Å². The lowest BCUT2D eigenvalue weighted by Gasteiger charge is -2.34. The number of imidazole rings is 1. The summed E-state index contributed by atoms with van der Waals surface area (Å²) in [5.74, 6) is -0.465. The summed E-state index contributed by atoms with van der Waals surface area (Å²) in [5, 5.41) is 30.6. The van der Waals surface area contributed by atoms with Crippen molar-refractivity contribution in [2.24, 2.45) is 0 Å². The maximum atomic E-state index is 12.4. The predicted octanol–water partition coefficient (Wildman–Crippen LogP) is -2.24. The van der Waals surface area contributed by atoms with Crippen LogP contribution in [0.25, 0.3) is 11.2 Å². The Kier molecular flexibility index (Phi) is 3.70. The minimum atomic E-state index is -1.87. The van der Waals surface area contributed by atoms with E-state index in [9.17, 15) is 24.9 Å². The van der Waals surface area contributed by atoms with E-state index in [0.717, 1.165) is 0 Å². The number of nitrogens with one attached hydrogen (secondary N) is 1. The quantitative estimate of drug-likeness (QED) is 0.403. The molecule has 138 valence electrons. The average Bonchev–Trinajstić information content (AvgIpc) is 3.27. The molecule has 0 bridgehead atoms. The van der Waals surface area contributed by atoms with Crippen LogP contribution in [0.15, 0.2) is 22.8 Å². The van der Waals surface area contributed by atoms with Gasteiger partial charge in [0.2, 0.25) is 11.7 Å². The van der Waals surface area contributed by atoms with E-state index in [2.05, 4.69) is 15.0 Å². The molecular formula is C15H17N5O6. The Morgan fingerprint density at radius 3 is 2.81 bits per heavy atom.